The van der Waals surface area contributed by atoms with Crippen LogP contribution in [0.5, 0.6) is 0 Å². The number of sulfone groups is 1. The average molecular weight is 1370 g/mol. The van der Waals surface area contributed by atoms with Gasteiger partial charge in [-0.15, -0.1) is 24.4 Å². The Kier molecular flexibility index (Phi) is 47.8. The van der Waals surface area contributed by atoms with Gasteiger partial charge in [-0.25, -0.2) is 8.42 Å². The van der Waals surface area contributed by atoms with Gasteiger partial charge in [0.1, 0.15) is 18.8 Å². The van der Waals surface area contributed by atoms with E-state index in [1.807, 2.05) is 72.4 Å². The van der Waals surface area contributed by atoms with Gasteiger partial charge >= 0.3 is 17.9 Å². The van der Waals surface area contributed by atoms with E-state index < -0.39 is 26.4 Å². The van der Waals surface area contributed by atoms with Gasteiger partial charge < -0.3 is 23.8 Å². The molecule has 0 N–H and O–H groups in total. The molecule has 93 heavy (non-hydrogen) atoms. The maximum absolute atomic E-state index is 13.6. The average Bonchev–Trinajstić information content (AvgIpc) is 0.780. The summed E-state index contributed by atoms with van der Waals surface area (Å²) in [6.07, 6.45) is 38.3. The zero-order valence-corrected chi connectivity index (χ0v) is 63.3. The number of hydrogen-bond donors (Lipinski definition) is 2. The molecule has 15 heteroatoms. The summed E-state index contributed by atoms with van der Waals surface area (Å²) in [5.41, 5.74) is 7.07. The number of ether oxygens (including phenoxy) is 4. The zero-order valence-electron chi connectivity index (χ0n) is 59.8. The number of nitrogens with zero attached hydrogens (tertiary/aromatic N) is 1. The molecule has 2 atom stereocenters. The zero-order chi connectivity index (χ0) is 68.6. The molecule has 0 radical (unpaired) electrons. The van der Waals surface area contributed by atoms with Crippen LogP contribution in [0.2, 0.25) is 0 Å². The van der Waals surface area contributed by atoms with Crippen molar-refractivity contribution in [2.45, 2.75) is 313 Å². The Bertz CT molecular complexity index is 2430. The van der Waals surface area contributed by atoms with Crippen LogP contribution < -0.4 is 0 Å². The lowest BCUT2D eigenvalue weighted by Gasteiger charge is -2.43. The molecule has 3 saturated heterocycles. The van der Waals surface area contributed by atoms with E-state index in [-0.39, 0.29) is 33.5 Å². The molecule has 0 aromatic heterocycles. The minimum atomic E-state index is -3.47. The van der Waals surface area contributed by atoms with Gasteiger partial charge in [-0.2, -0.15) is 12.6 Å². The van der Waals surface area contributed by atoms with Gasteiger partial charge in [0.25, 0.3) is 0 Å². The summed E-state index contributed by atoms with van der Waals surface area (Å²) in [5.74, 6) is 0.256. The lowest BCUT2D eigenvalue weighted by atomic mass is 9.95. The number of aryl methyl sites for hydroxylation is 3. The summed E-state index contributed by atoms with van der Waals surface area (Å²) in [6.45, 7) is 24.4. The van der Waals surface area contributed by atoms with Crippen LogP contribution in [0.4, 0.5) is 0 Å². The highest BCUT2D eigenvalue weighted by Crippen LogP contribution is 2.48. The van der Waals surface area contributed by atoms with E-state index in [0.717, 1.165) is 82.4 Å². The lowest BCUT2D eigenvalue weighted by Crippen LogP contribution is -2.41. The molecule has 530 valence electrons. The molecule has 11 nitrogen and oxygen atoms in total. The predicted octanol–water partition coefficient (Wildman–Crippen LogP) is 20.6. The standard InChI is InChI=1S/C33H48O4S.C25H48O2S.C14H20O2S.C5H11NO.CH2OS/c1-2-3-4-5-6-7-8-9-10-11-12-13-20-25-33(34)37-30-26-31(28-21-16-14-17-22-28)38(35,36)32(27-30)29-23-18-15-19-24-29;1-6-7-8-9-10-11-12-13-14-15-16-17-18-19-23(26)27-22-20-24(2,3)28-25(4,5)21-22;1-10-8-13(9-11(2)12(10)3)4-5-14(15)16-6-7-17;1-6-2-4-7-5-3-6;2-1-3/h14-19,21-24,30-32H,2-13,20,25-27H2,1H3;22H,6-21H2,1-5H3;8-9,17H,4-7H2,1-3H3;2-5H2,1H3;1H,(H,2,3). The number of carbonyl (C=O) groups excluding carboxylic acids is 4. The summed E-state index contributed by atoms with van der Waals surface area (Å²) >= 11 is 9.13. The molecule has 0 aliphatic carbocycles. The molecule has 3 aromatic carbocycles. The van der Waals surface area contributed by atoms with Crippen molar-refractivity contribution < 1.29 is 46.5 Å². The summed E-state index contributed by atoms with van der Waals surface area (Å²) < 4.78 is 49.4. The van der Waals surface area contributed by atoms with Gasteiger partial charge in [0, 0.05) is 60.4 Å². The van der Waals surface area contributed by atoms with Crippen LogP contribution in [0, 0.1) is 20.8 Å². The number of esters is 3. The predicted molar refractivity (Wildman–Crippen MR) is 400 cm³/mol. The van der Waals surface area contributed by atoms with Crippen molar-refractivity contribution in [3.8, 4) is 0 Å². The Morgan fingerprint density at radius 2 is 0.925 bits per heavy atom. The topological polar surface area (TPSA) is 143 Å². The lowest BCUT2D eigenvalue weighted by molar-refractivity contribution is -0.151. The molecular formula is C78H129NO10S4. The fourth-order valence-corrected chi connectivity index (χ4v) is 17.2. The second-order valence-electron chi connectivity index (χ2n) is 27.4. The first-order valence-electron chi connectivity index (χ1n) is 36.2. The van der Waals surface area contributed by atoms with E-state index in [2.05, 4.69) is 112 Å². The van der Waals surface area contributed by atoms with Crippen LogP contribution in [0.25, 0.3) is 0 Å². The molecule has 6 rings (SSSR count). The number of benzene rings is 3. The molecule has 0 spiro atoms. The van der Waals surface area contributed by atoms with Crippen molar-refractivity contribution in [1.29, 1.82) is 0 Å². The largest absolute Gasteiger partial charge is 0.465 e. The SMILES string of the molecule is CCCCCCCCCCCCCCCC(=O)OC1CC(C)(C)SC(C)(C)C1.CCCCCCCCCCCCCCCC(=O)OC1CC(c2ccccc2)S(=O)(=O)C(c2ccccc2)C1.CN1CCOCC1.Cc1cc(CCC(=O)OCCS)cc(C)c1C.O=CS. The minimum absolute atomic E-state index is 0.0200. The van der Waals surface area contributed by atoms with Crippen molar-refractivity contribution in [2.24, 2.45) is 0 Å². The van der Waals surface area contributed by atoms with Crippen LogP contribution in [0.15, 0.2) is 72.8 Å². The van der Waals surface area contributed by atoms with Crippen molar-refractivity contribution in [1.82, 2.24) is 4.90 Å². The molecule has 3 aromatic rings. The van der Waals surface area contributed by atoms with E-state index in [1.165, 1.54) is 164 Å². The Hall–Kier alpha value is -3.34. The number of rotatable bonds is 37. The molecule has 3 heterocycles. The summed E-state index contributed by atoms with van der Waals surface area (Å²) in [5, 5.41) is -1.34. The van der Waals surface area contributed by atoms with E-state index in [0.29, 0.717) is 50.1 Å². The monoisotopic (exact) mass is 1370 g/mol. The second kappa shape index (κ2) is 51.8. The molecule has 3 aliphatic rings. The van der Waals surface area contributed by atoms with Crippen LogP contribution in [0.3, 0.4) is 0 Å². The first-order chi connectivity index (χ1) is 44.6. The number of morpholine rings is 1. The third-order valence-corrected chi connectivity index (χ3v) is 22.0. The van der Waals surface area contributed by atoms with E-state index >= 15 is 0 Å². The van der Waals surface area contributed by atoms with Gasteiger partial charge in [0.2, 0.25) is 0 Å². The van der Waals surface area contributed by atoms with Crippen LogP contribution in [0.1, 0.15) is 297 Å². The first kappa shape index (κ1) is 85.7. The fourth-order valence-electron chi connectivity index (χ4n) is 12.7. The van der Waals surface area contributed by atoms with Crippen molar-refractivity contribution in [3.05, 3.63) is 106 Å². The molecule has 3 aliphatic heterocycles. The van der Waals surface area contributed by atoms with Crippen LogP contribution in [-0.4, -0.2) is 104 Å². The Morgan fingerprint density at radius 1 is 0.570 bits per heavy atom. The maximum Gasteiger partial charge on any atom is 0.306 e. The van der Waals surface area contributed by atoms with E-state index in [4.69, 9.17) is 23.7 Å². The highest BCUT2D eigenvalue weighted by Gasteiger charge is 2.45. The molecule has 0 amide bonds. The van der Waals surface area contributed by atoms with Crippen LogP contribution >= 0.6 is 37.0 Å². The number of thiol groups is 2. The smallest absolute Gasteiger partial charge is 0.306 e. The van der Waals surface area contributed by atoms with Gasteiger partial charge in [0.05, 0.1) is 23.7 Å². The van der Waals surface area contributed by atoms with Crippen molar-refractivity contribution in [2.75, 3.05) is 45.7 Å². The summed E-state index contributed by atoms with van der Waals surface area (Å²) in [6, 6.07) is 23.0. The minimum Gasteiger partial charge on any atom is -0.465 e. The molecule has 0 saturated carbocycles. The first-order valence-corrected chi connectivity index (χ1v) is 39.8. The number of likely N-dealkylation sites (N-methyl/N-ethyl adjacent to an activating group) is 1. The number of thioether (sulfide) groups is 1. The van der Waals surface area contributed by atoms with Crippen LogP contribution in [-0.2, 0) is 54.4 Å². The Labute approximate surface area is 582 Å². The van der Waals surface area contributed by atoms with Crippen molar-refractivity contribution >= 4 is 70.4 Å². The van der Waals surface area contributed by atoms with Crippen molar-refractivity contribution in [3.63, 3.8) is 0 Å². The van der Waals surface area contributed by atoms with E-state index in [9.17, 15) is 22.8 Å². The number of unbranched alkanes of at least 4 members (excludes halogenated alkanes) is 24. The fraction of sp³-hybridized carbons (Fsp3) is 0.718. The highest BCUT2D eigenvalue weighted by atomic mass is 32.2. The van der Waals surface area contributed by atoms with E-state index in [1.54, 1.807) is 0 Å². The van der Waals surface area contributed by atoms with Gasteiger partial charge in [-0.3, -0.25) is 19.2 Å². The van der Waals surface area contributed by atoms with Gasteiger partial charge in [0.15, 0.2) is 15.5 Å². The normalized spacial score (nSPS) is 18.1. The molecule has 0 bridgehead atoms. The number of hydrogen-bond acceptors (Lipinski definition) is 13. The number of carbonyl (C=O) groups is 4. The molecular weight excluding hydrogens is 1240 g/mol. The Balaban J connectivity index is 0.000000465. The van der Waals surface area contributed by atoms with Gasteiger partial charge in [-0.05, 0) is 93.3 Å². The molecule has 3 fully saturated rings. The quantitative estimate of drug-likeness (QED) is 0.0186. The summed E-state index contributed by atoms with van der Waals surface area (Å²) in [7, 11) is -1.36. The van der Waals surface area contributed by atoms with Gasteiger partial charge in [-0.1, -0.05) is 268 Å². The molecule has 2 unspecified atom stereocenters. The second-order valence-corrected chi connectivity index (χ2v) is 32.8. The maximum atomic E-state index is 13.6. The Morgan fingerprint density at radius 3 is 1.27 bits per heavy atom. The summed E-state index contributed by atoms with van der Waals surface area (Å²) in [4.78, 5) is 47.2. The third kappa shape index (κ3) is 40.9. The highest BCUT2D eigenvalue weighted by molar-refractivity contribution is 8.02. The third-order valence-electron chi connectivity index (χ3n) is 17.8.